The first-order valence-electron chi connectivity index (χ1n) is 9.57. The number of anilines is 2. The van der Waals surface area contributed by atoms with E-state index in [4.69, 9.17) is 4.74 Å². The summed E-state index contributed by atoms with van der Waals surface area (Å²) in [5, 5.41) is 0. The SMILES string of the molecule is CC(C)Oc1cccc(NS(=O)(=O)c2ccc3c(c2)CCN3C(=O)C2CC2)c1. The van der Waals surface area contributed by atoms with Crippen molar-refractivity contribution in [3.63, 3.8) is 0 Å². The summed E-state index contributed by atoms with van der Waals surface area (Å²) in [5.74, 6) is 0.921. The number of sulfonamides is 1. The minimum absolute atomic E-state index is 0.00450. The standard InChI is InChI=1S/C21H24N2O4S/c1-14(2)27-18-5-3-4-17(13-18)22-28(25,26)19-8-9-20-16(12-19)10-11-23(20)21(24)15-6-7-15/h3-5,8-9,12-15,22H,6-7,10-11H2,1-2H3. The Morgan fingerprint density at radius 2 is 1.96 bits per heavy atom. The molecule has 4 rings (SSSR count). The molecule has 2 aliphatic rings. The summed E-state index contributed by atoms with van der Waals surface area (Å²) in [4.78, 5) is 14.4. The van der Waals surface area contributed by atoms with Gasteiger partial charge in [0, 0.05) is 24.2 Å². The van der Waals surface area contributed by atoms with Gasteiger partial charge in [-0.25, -0.2) is 8.42 Å². The summed E-state index contributed by atoms with van der Waals surface area (Å²) in [6, 6.07) is 11.9. The smallest absolute Gasteiger partial charge is 0.261 e. The van der Waals surface area contributed by atoms with Gasteiger partial charge in [0.2, 0.25) is 5.91 Å². The third-order valence-electron chi connectivity index (χ3n) is 4.91. The molecule has 0 unspecified atom stereocenters. The lowest BCUT2D eigenvalue weighted by Crippen LogP contribution is -2.30. The Bertz CT molecular complexity index is 1010. The second kappa shape index (κ2) is 7.13. The van der Waals surface area contributed by atoms with Gasteiger partial charge in [-0.1, -0.05) is 6.07 Å². The maximum absolute atomic E-state index is 12.8. The van der Waals surface area contributed by atoms with Crippen molar-refractivity contribution in [3.05, 3.63) is 48.0 Å². The number of rotatable bonds is 6. The predicted molar refractivity (Wildman–Crippen MR) is 108 cm³/mol. The van der Waals surface area contributed by atoms with Crippen LogP contribution in [-0.4, -0.2) is 27.0 Å². The third kappa shape index (κ3) is 3.85. The molecule has 1 N–H and O–H groups in total. The maximum Gasteiger partial charge on any atom is 0.261 e. The highest BCUT2D eigenvalue weighted by atomic mass is 32.2. The molecule has 0 bridgehead atoms. The normalized spacial score (nSPS) is 16.2. The molecule has 0 saturated heterocycles. The number of nitrogens with one attached hydrogen (secondary N) is 1. The molecule has 0 spiro atoms. The molecule has 1 amide bonds. The molecule has 1 aliphatic carbocycles. The van der Waals surface area contributed by atoms with Crippen molar-refractivity contribution < 1.29 is 17.9 Å². The predicted octanol–water partition coefficient (Wildman–Crippen LogP) is 3.57. The highest BCUT2D eigenvalue weighted by molar-refractivity contribution is 7.92. The molecule has 7 heteroatoms. The van der Waals surface area contributed by atoms with Crippen molar-refractivity contribution in [1.29, 1.82) is 0 Å². The fraction of sp³-hybridized carbons (Fsp3) is 0.381. The number of hydrogen-bond acceptors (Lipinski definition) is 4. The number of hydrogen-bond donors (Lipinski definition) is 1. The van der Waals surface area contributed by atoms with Crippen LogP contribution in [0, 0.1) is 5.92 Å². The molecule has 6 nitrogen and oxygen atoms in total. The van der Waals surface area contributed by atoms with Crippen LogP contribution in [0.3, 0.4) is 0 Å². The Balaban J connectivity index is 1.55. The van der Waals surface area contributed by atoms with Crippen LogP contribution in [0.2, 0.25) is 0 Å². The van der Waals surface area contributed by atoms with Crippen LogP contribution in [0.1, 0.15) is 32.3 Å². The molecule has 1 saturated carbocycles. The van der Waals surface area contributed by atoms with Gasteiger partial charge in [0.1, 0.15) is 5.75 Å². The first-order chi connectivity index (χ1) is 13.3. The van der Waals surface area contributed by atoms with Crippen molar-refractivity contribution >= 4 is 27.3 Å². The van der Waals surface area contributed by atoms with Gasteiger partial charge in [0.15, 0.2) is 0 Å². The Labute approximate surface area is 165 Å². The summed E-state index contributed by atoms with van der Waals surface area (Å²) >= 11 is 0. The molecule has 0 aromatic heterocycles. The molecule has 0 atom stereocenters. The Morgan fingerprint density at radius 1 is 1.18 bits per heavy atom. The quantitative estimate of drug-likeness (QED) is 0.804. The van der Waals surface area contributed by atoms with E-state index < -0.39 is 10.0 Å². The minimum atomic E-state index is -3.73. The van der Waals surface area contributed by atoms with Crippen molar-refractivity contribution in [1.82, 2.24) is 0 Å². The minimum Gasteiger partial charge on any atom is -0.491 e. The van der Waals surface area contributed by atoms with Gasteiger partial charge in [0.05, 0.1) is 16.7 Å². The molecule has 1 aliphatic heterocycles. The summed E-state index contributed by atoms with van der Waals surface area (Å²) in [5.41, 5.74) is 2.18. The van der Waals surface area contributed by atoms with Gasteiger partial charge in [-0.05, 0) is 69.0 Å². The molecule has 1 heterocycles. The third-order valence-corrected chi connectivity index (χ3v) is 6.29. The van der Waals surface area contributed by atoms with E-state index >= 15 is 0 Å². The molecule has 1 fully saturated rings. The van der Waals surface area contributed by atoms with Gasteiger partial charge in [-0.15, -0.1) is 0 Å². The fourth-order valence-electron chi connectivity index (χ4n) is 3.44. The number of ether oxygens (including phenoxy) is 1. The van der Waals surface area contributed by atoms with Gasteiger partial charge in [0.25, 0.3) is 10.0 Å². The Morgan fingerprint density at radius 3 is 2.68 bits per heavy atom. The van der Waals surface area contributed by atoms with E-state index in [2.05, 4.69) is 4.72 Å². The molecular weight excluding hydrogens is 376 g/mol. The average molecular weight is 401 g/mol. The Kier molecular flexibility index (Phi) is 4.79. The van der Waals surface area contributed by atoms with E-state index in [1.165, 1.54) is 0 Å². The number of benzene rings is 2. The Hall–Kier alpha value is -2.54. The van der Waals surface area contributed by atoms with E-state index in [1.54, 1.807) is 47.4 Å². The van der Waals surface area contributed by atoms with Crippen molar-refractivity contribution in [2.75, 3.05) is 16.2 Å². The summed E-state index contributed by atoms with van der Waals surface area (Å²) in [6.45, 7) is 4.45. The largest absolute Gasteiger partial charge is 0.491 e. The van der Waals surface area contributed by atoms with E-state index in [9.17, 15) is 13.2 Å². The highest BCUT2D eigenvalue weighted by Crippen LogP contribution is 2.37. The lowest BCUT2D eigenvalue weighted by atomic mass is 10.2. The highest BCUT2D eigenvalue weighted by Gasteiger charge is 2.36. The monoisotopic (exact) mass is 400 g/mol. The number of carbonyl (C=O) groups is 1. The molecule has 0 radical (unpaired) electrons. The summed E-state index contributed by atoms with van der Waals surface area (Å²) < 4.78 is 33.9. The second-order valence-corrected chi connectivity index (χ2v) is 9.29. The van der Waals surface area contributed by atoms with Crippen LogP contribution in [-0.2, 0) is 21.2 Å². The van der Waals surface area contributed by atoms with Gasteiger partial charge >= 0.3 is 0 Å². The average Bonchev–Trinajstić information content (AvgIpc) is 3.39. The molecule has 148 valence electrons. The molecule has 28 heavy (non-hydrogen) atoms. The van der Waals surface area contributed by atoms with Gasteiger partial charge in [-0.3, -0.25) is 9.52 Å². The summed E-state index contributed by atoms with van der Waals surface area (Å²) in [6.07, 6.45) is 2.60. The van der Waals surface area contributed by atoms with Crippen LogP contribution in [0.5, 0.6) is 5.75 Å². The van der Waals surface area contributed by atoms with E-state index in [1.807, 2.05) is 13.8 Å². The van der Waals surface area contributed by atoms with Crippen molar-refractivity contribution in [2.24, 2.45) is 5.92 Å². The fourth-order valence-corrected chi connectivity index (χ4v) is 4.54. The van der Waals surface area contributed by atoms with Crippen LogP contribution >= 0.6 is 0 Å². The molecular formula is C21H24N2O4S. The topological polar surface area (TPSA) is 75.7 Å². The van der Waals surface area contributed by atoms with E-state index in [0.717, 1.165) is 24.1 Å². The maximum atomic E-state index is 12.8. The lowest BCUT2D eigenvalue weighted by molar-refractivity contribution is -0.119. The van der Waals surface area contributed by atoms with Crippen LogP contribution in [0.25, 0.3) is 0 Å². The molecule has 2 aromatic rings. The van der Waals surface area contributed by atoms with Crippen LogP contribution < -0.4 is 14.4 Å². The first kappa shape index (κ1) is 18.8. The van der Waals surface area contributed by atoms with Crippen molar-refractivity contribution in [2.45, 2.75) is 44.1 Å². The summed E-state index contributed by atoms with van der Waals surface area (Å²) in [7, 11) is -3.73. The number of fused-ring (bicyclic) bond motifs is 1. The zero-order chi connectivity index (χ0) is 19.9. The zero-order valence-electron chi connectivity index (χ0n) is 16.0. The van der Waals surface area contributed by atoms with Gasteiger partial charge in [-0.2, -0.15) is 0 Å². The number of carbonyl (C=O) groups excluding carboxylic acids is 1. The van der Waals surface area contributed by atoms with Crippen LogP contribution in [0.4, 0.5) is 11.4 Å². The van der Waals surface area contributed by atoms with Crippen LogP contribution in [0.15, 0.2) is 47.4 Å². The van der Waals surface area contributed by atoms with Gasteiger partial charge < -0.3 is 9.64 Å². The van der Waals surface area contributed by atoms with E-state index in [-0.39, 0.29) is 22.8 Å². The van der Waals surface area contributed by atoms with Crippen molar-refractivity contribution in [3.8, 4) is 5.75 Å². The van der Waals surface area contributed by atoms with E-state index in [0.29, 0.717) is 24.4 Å². The molecule has 2 aromatic carbocycles. The first-order valence-corrected chi connectivity index (χ1v) is 11.1. The lowest BCUT2D eigenvalue weighted by Gasteiger charge is -2.17. The zero-order valence-corrected chi connectivity index (χ0v) is 16.8. The number of amides is 1. The second-order valence-electron chi connectivity index (χ2n) is 7.60. The number of nitrogens with zero attached hydrogens (tertiary/aromatic N) is 1.